The van der Waals surface area contributed by atoms with Crippen molar-refractivity contribution in [3.05, 3.63) is 12.0 Å². The normalized spacial score (nSPS) is 36.7. The molecule has 3 unspecified atom stereocenters. The molecule has 19 heavy (non-hydrogen) atoms. The van der Waals surface area contributed by atoms with E-state index in [9.17, 15) is 10.2 Å². The molecule has 3 rings (SSSR count). The molecule has 5 N–H and O–H groups in total. The number of aliphatic imine (C=N–C) groups is 2. The molecule has 1 aromatic rings. The van der Waals surface area contributed by atoms with Crippen LogP contribution in [0.4, 0.5) is 5.82 Å². The second-order valence-electron chi connectivity index (χ2n) is 4.38. The second kappa shape index (κ2) is 4.49. The summed E-state index contributed by atoms with van der Waals surface area (Å²) in [6.07, 6.45) is -3.38. The molecule has 1 saturated heterocycles. The minimum atomic E-state index is -1.19. The predicted octanol–water partition coefficient (Wildman–Crippen LogP) is -1.73. The zero-order valence-corrected chi connectivity index (χ0v) is 9.79. The van der Waals surface area contributed by atoms with Crippen molar-refractivity contribution in [1.29, 1.82) is 0 Å². The van der Waals surface area contributed by atoms with Crippen LogP contribution >= 0.6 is 0 Å². The summed E-state index contributed by atoms with van der Waals surface area (Å²) >= 11 is 0. The van der Waals surface area contributed by atoms with Crippen molar-refractivity contribution >= 4 is 11.8 Å². The first kappa shape index (κ1) is 12.4. The highest BCUT2D eigenvalue weighted by Gasteiger charge is 2.44. The highest BCUT2D eigenvalue weighted by atomic mass is 16.6. The van der Waals surface area contributed by atoms with Crippen molar-refractivity contribution in [3.63, 3.8) is 0 Å². The first-order chi connectivity index (χ1) is 9.13. The van der Waals surface area contributed by atoms with Crippen LogP contribution in [0, 0.1) is 0 Å². The Labute approximate surface area is 107 Å². The molecule has 2 aliphatic heterocycles. The lowest BCUT2D eigenvalue weighted by atomic mass is 10.1. The van der Waals surface area contributed by atoms with Gasteiger partial charge in [-0.2, -0.15) is 9.98 Å². The molecule has 0 bridgehead atoms. The number of fused-ring (bicyclic) bond motifs is 1. The maximum atomic E-state index is 9.95. The number of ether oxygens (including phenoxy) is 1. The topological polar surface area (TPSA) is 138 Å². The number of hydrogen-bond acceptors (Lipinski definition) is 8. The van der Waals surface area contributed by atoms with E-state index in [1.165, 1.54) is 10.9 Å². The van der Waals surface area contributed by atoms with Crippen molar-refractivity contribution in [3.8, 4) is 0 Å². The molecule has 2 aliphatic rings. The largest absolute Gasteiger partial charge is 0.394 e. The molecular weight excluding hydrogens is 254 g/mol. The van der Waals surface area contributed by atoms with E-state index in [0.29, 0.717) is 11.5 Å². The van der Waals surface area contributed by atoms with Gasteiger partial charge in [0.1, 0.15) is 24.0 Å². The zero-order valence-electron chi connectivity index (χ0n) is 9.79. The quantitative estimate of drug-likeness (QED) is 0.502. The summed E-state index contributed by atoms with van der Waals surface area (Å²) < 4.78 is 6.84. The summed E-state index contributed by atoms with van der Waals surface area (Å²) in [6, 6.07) is 2.41. The third kappa shape index (κ3) is 1.80. The van der Waals surface area contributed by atoms with Crippen LogP contribution in [-0.4, -0.2) is 55.8 Å². The SMILES string of the molecule is NC1N=C=Nc2c1ncn2[C@@H]1O[C@H](CO)C(O)C1O. The number of aliphatic hydroxyl groups is 3. The number of aromatic nitrogens is 2. The molecule has 0 aliphatic carbocycles. The molecule has 0 spiro atoms. The number of nitrogens with zero attached hydrogens (tertiary/aromatic N) is 4. The molecule has 0 aromatic carbocycles. The van der Waals surface area contributed by atoms with Crippen molar-refractivity contribution in [1.82, 2.24) is 9.55 Å². The summed E-state index contributed by atoms with van der Waals surface area (Å²) in [5.74, 6) is 0.373. The van der Waals surface area contributed by atoms with Gasteiger partial charge < -0.3 is 25.8 Å². The van der Waals surface area contributed by atoms with Gasteiger partial charge in [-0.15, -0.1) is 0 Å². The van der Waals surface area contributed by atoms with Gasteiger partial charge in [-0.1, -0.05) is 0 Å². The van der Waals surface area contributed by atoms with E-state index in [-0.39, 0.29) is 0 Å². The first-order valence-electron chi connectivity index (χ1n) is 5.74. The van der Waals surface area contributed by atoms with Crippen molar-refractivity contribution in [2.45, 2.75) is 30.7 Å². The van der Waals surface area contributed by atoms with Gasteiger partial charge >= 0.3 is 0 Å². The molecule has 5 atom stereocenters. The Hall–Kier alpha value is -1.61. The molecule has 1 aromatic heterocycles. The maximum absolute atomic E-state index is 9.95. The van der Waals surface area contributed by atoms with Crippen molar-refractivity contribution in [2.24, 2.45) is 15.7 Å². The van der Waals surface area contributed by atoms with Gasteiger partial charge in [0.05, 0.1) is 18.9 Å². The Bertz CT molecular complexity index is 552. The number of rotatable bonds is 2. The van der Waals surface area contributed by atoms with Crippen LogP contribution in [-0.2, 0) is 4.74 Å². The fourth-order valence-electron chi connectivity index (χ4n) is 2.19. The molecule has 0 amide bonds. The standard InChI is InChI=1S/C10H13N5O4/c11-8-5-9(13-2-12-8)15(3-14-5)10-7(18)6(17)4(1-16)19-10/h3-4,6-8,10,16-18H,1,11H2/t4-,6?,7?,8?,10-/m1/s1. The smallest absolute Gasteiger partial charge is 0.172 e. The van der Waals surface area contributed by atoms with E-state index in [1.54, 1.807) is 0 Å². The van der Waals surface area contributed by atoms with E-state index in [1.807, 2.05) is 0 Å². The summed E-state index contributed by atoms with van der Waals surface area (Å²) in [7, 11) is 0. The van der Waals surface area contributed by atoms with Gasteiger partial charge in [-0.25, -0.2) is 4.98 Å². The van der Waals surface area contributed by atoms with Crippen LogP contribution in [0.25, 0.3) is 0 Å². The summed E-state index contributed by atoms with van der Waals surface area (Å²) in [5.41, 5.74) is 6.16. The van der Waals surface area contributed by atoms with Crippen LogP contribution in [0.3, 0.4) is 0 Å². The average Bonchev–Trinajstić information content (AvgIpc) is 2.94. The minimum Gasteiger partial charge on any atom is -0.394 e. The first-order valence-corrected chi connectivity index (χ1v) is 5.74. The Kier molecular flexibility index (Phi) is 2.94. The molecule has 9 nitrogen and oxygen atoms in total. The lowest BCUT2D eigenvalue weighted by Gasteiger charge is -2.18. The van der Waals surface area contributed by atoms with E-state index in [0.717, 1.165) is 0 Å². The second-order valence-corrected chi connectivity index (χ2v) is 4.38. The van der Waals surface area contributed by atoms with Crippen molar-refractivity contribution < 1.29 is 20.1 Å². The molecule has 1 fully saturated rings. The molecule has 9 heteroatoms. The minimum absolute atomic E-state index is 0.373. The lowest BCUT2D eigenvalue weighted by Crippen LogP contribution is -2.33. The Morgan fingerprint density at radius 2 is 2.21 bits per heavy atom. The number of aliphatic hydroxyl groups excluding tert-OH is 3. The van der Waals surface area contributed by atoms with Crippen molar-refractivity contribution in [2.75, 3.05) is 6.61 Å². The highest BCUT2D eigenvalue weighted by molar-refractivity contribution is 5.56. The predicted molar refractivity (Wildman–Crippen MR) is 61.7 cm³/mol. The Balaban J connectivity index is 1.97. The van der Waals surface area contributed by atoms with Crippen LogP contribution < -0.4 is 5.73 Å². The van der Waals surface area contributed by atoms with E-state index >= 15 is 0 Å². The molecule has 0 radical (unpaired) electrons. The highest BCUT2D eigenvalue weighted by Crippen LogP contribution is 2.35. The third-order valence-corrected chi connectivity index (χ3v) is 3.22. The number of imidazole rings is 1. The molecule has 0 saturated carbocycles. The zero-order chi connectivity index (χ0) is 13.6. The summed E-state index contributed by atoms with van der Waals surface area (Å²) in [5, 5.41) is 28.7. The monoisotopic (exact) mass is 267 g/mol. The lowest BCUT2D eigenvalue weighted by molar-refractivity contribution is -0.0520. The van der Waals surface area contributed by atoms with E-state index in [4.69, 9.17) is 15.6 Å². The van der Waals surface area contributed by atoms with Crippen LogP contribution in [0.1, 0.15) is 18.1 Å². The van der Waals surface area contributed by atoms with Gasteiger partial charge in [0.25, 0.3) is 0 Å². The third-order valence-electron chi connectivity index (χ3n) is 3.22. The number of nitrogens with two attached hydrogens (primary N) is 1. The van der Waals surface area contributed by atoms with Crippen LogP contribution in [0.2, 0.25) is 0 Å². The molecule has 102 valence electrons. The summed E-state index contributed by atoms with van der Waals surface area (Å²) in [4.78, 5) is 11.8. The molecule has 3 heterocycles. The van der Waals surface area contributed by atoms with Gasteiger partial charge in [0, 0.05) is 0 Å². The van der Waals surface area contributed by atoms with Gasteiger partial charge in [-0.05, 0) is 0 Å². The maximum Gasteiger partial charge on any atom is 0.172 e. The average molecular weight is 267 g/mol. The van der Waals surface area contributed by atoms with E-state index in [2.05, 4.69) is 21.0 Å². The summed E-state index contributed by atoms with van der Waals surface area (Å²) in [6.45, 7) is -0.393. The Morgan fingerprint density at radius 1 is 1.42 bits per heavy atom. The van der Waals surface area contributed by atoms with Gasteiger partial charge in [0.15, 0.2) is 18.2 Å². The van der Waals surface area contributed by atoms with Gasteiger partial charge in [-0.3, -0.25) is 4.57 Å². The van der Waals surface area contributed by atoms with Crippen LogP contribution in [0.15, 0.2) is 16.3 Å². The number of hydrogen-bond donors (Lipinski definition) is 4. The fraction of sp³-hybridized carbons (Fsp3) is 0.600. The van der Waals surface area contributed by atoms with Crippen LogP contribution in [0.5, 0.6) is 0 Å². The van der Waals surface area contributed by atoms with Gasteiger partial charge in [0.2, 0.25) is 0 Å². The molecular formula is C10H13N5O4. The van der Waals surface area contributed by atoms with E-state index < -0.39 is 37.3 Å². The Morgan fingerprint density at radius 3 is 2.89 bits per heavy atom. The fourth-order valence-corrected chi connectivity index (χ4v) is 2.19.